The van der Waals surface area contributed by atoms with Crippen LogP contribution in [0.15, 0.2) is 134 Å². The zero-order valence-electron chi connectivity index (χ0n) is 20.7. The van der Waals surface area contributed by atoms with Crippen LogP contribution in [0, 0.1) is 0 Å². The van der Waals surface area contributed by atoms with Crippen molar-refractivity contribution in [3.63, 3.8) is 0 Å². The second-order valence-corrected chi connectivity index (χ2v) is 13.3. The number of rotatable bonds is 10. The van der Waals surface area contributed by atoms with Gasteiger partial charge in [-0.25, -0.2) is 0 Å². The fourth-order valence-electron chi connectivity index (χ4n) is 4.11. The molecule has 0 atom stereocenters. The summed E-state index contributed by atoms with van der Waals surface area (Å²) in [5.74, 6) is 2.49. The third-order valence-corrected chi connectivity index (χ3v) is 10.5. The van der Waals surface area contributed by atoms with Gasteiger partial charge in [0.25, 0.3) is 0 Å². The molecule has 0 unspecified atom stereocenters. The van der Waals surface area contributed by atoms with E-state index in [-0.39, 0.29) is 0 Å². The zero-order chi connectivity index (χ0) is 24.2. The van der Waals surface area contributed by atoms with Gasteiger partial charge in [-0.3, -0.25) is 0 Å². The summed E-state index contributed by atoms with van der Waals surface area (Å²) in [6, 6.07) is 28.3. The van der Waals surface area contributed by atoms with E-state index in [4.69, 9.17) is 0 Å². The Morgan fingerprint density at radius 1 is 0.824 bits per heavy atom. The molecule has 0 aromatic heterocycles. The summed E-state index contributed by atoms with van der Waals surface area (Å²) >= 11 is 0. The first-order valence-corrected chi connectivity index (χ1v) is 14.9. The van der Waals surface area contributed by atoms with Crippen LogP contribution in [0.25, 0.3) is 16.7 Å². The number of hydrogen-bond acceptors (Lipinski definition) is 0. The molecule has 0 amide bonds. The summed E-state index contributed by atoms with van der Waals surface area (Å²) in [4.78, 5) is 0. The molecule has 1 heteroatoms. The third-order valence-electron chi connectivity index (χ3n) is 6.40. The van der Waals surface area contributed by atoms with Gasteiger partial charge in [-0.1, -0.05) is 0 Å². The summed E-state index contributed by atoms with van der Waals surface area (Å²) in [5.41, 5.74) is 6.49. The van der Waals surface area contributed by atoms with Gasteiger partial charge in [0, 0.05) is 0 Å². The van der Waals surface area contributed by atoms with E-state index >= 15 is 0 Å². The summed E-state index contributed by atoms with van der Waals surface area (Å²) in [7, 11) is -1.82. The van der Waals surface area contributed by atoms with Crippen molar-refractivity contribution in [3.8, 4) is 11.1 Å². The van der Waals surface area contributed by atoms with Gasteiger partial charge < -0.3 is 0 Å². The van der Waals surface area contributed by atoms with E-state index in [1.165, 1.54) is 33.1 Å². The molecule has 0 aliphatic rings. The summed E-state index contributed by atoms with van der Waals surface area (Å²) < 4.78 is 0. The Morgan fingerprint density at radius 3 is 2.21 bits per heavy atom. The molecule has 0 heterocycles. The number of benzene rings is 3. The quantitative estimate of drug-likeness (QED) is 0.208. The monoisotopic (exact) mass is 464 g/mol. The molecule has 3 aromatic carbocycles. The molecule has 0 saturated carbocycles. The van der Waals surface area contributed by atoms with Crippen LogP contribution in [-0.4, -0.2) is 12.8 Å². The minimum absolute atomic E-state index is 0.962. The van der Waals surface area contributed by atoms with Crippen LogP contribution >= 0.6 is 7.26 Å². The Bertz CT molecular complexity index is 1180. The average molecular weight is 465 g/mol. The standard InChI is InChI=1S/C33H37P/c1-5-7-11-18-28(3)32-27-31(30-22-15-9-16-23-30)24-25-33(32)34(4,6-2)26-17-10-14-21-29-19-12-8-13-20-29/h5,7-20,22-27,34H,1,6,21H2,2-4H3/b11-7-,14-10-,26-17-,28-18+. The van der Waals surface area contributed by atoms with E-state index in [1.807, 2.05) is 12.2 Å². The van der Waals surface area contributed by atoms with Crippen LogP contribution in [0.3, 0.4) is 0 Å². The molecule has 0 bridgehead atoms. The molecule has 0 nitrogen and oxygen atoms in total. The van der Waals surface area contributed by atoms with Gasteiger partial charge in [0.05, 0.1) is 0 Å². The Kier molecular flexibility index (Phi) is 9.62. The van der Waals surface area contributed by atoms with E-state index in [0.717, 1.165) is 12.6 Å². The van der Waals surface area contributed by atoms with E-state index in [2.05, 4.69) is 142 Å². The summed E-state index contributed by atoms with van der Waals surface area (Å²) in [6.07, 6.45) is 16.9. The predicted octanol–water partition coefficient (Wildman–Crippen LogP) is 8.84. The summed E-state index contributed by atoms with van der Waals surface area (Å²) in [5, 5.41) is 1.49. The SMILES string of the molecule is C=C/C=C\C=C(/C)c1cc(-c2ccccc2)ccc1[PH](C)(/C=C\C=C/Cc1ccccc1)CC. The molecule has 0 spiro atoms. The fourth-order valence-corrected chi connectivity index (χ4v) is 6.79. The molecule has 0 fully saturated rings. The van der Waals surface area contributed by atoms with Crippen LogP contribution in [0.4, 0.5) is 0 Å². The first kappa shape index (κ1) is 25.4. The van der Waals surface area contributed by atoms with Crippen molar-refractivity contribution < 1.29 is 0 Å². The average Bonchev–Trinajstić information content (AvgIpc) is 2.89. The van der Waals surface area contributed by atoms with Crippen LogP contribution in [0.1, 0.15) is 25.0 Å². The van der Waals surface area contributed by atoms with Crippen molar-refractivity contribution in [3.05, 3.63) is 145 Å². The van der Waals surface area contributed by atoms with Gasteiger partial charge in [0.1, 0.15) is 0 Å². The van der Waals surface area contributed by atoms with Crippen molar-refractivity contribution in [1.82, 2.24) is 0 Å². The van der Waals surface area contributed by atoms with Gasteiger partial charge in [0.2, 0.25) is 0 Å². The van der Waals surface area contributed by atoms with Crippen molar-refractivity contribution in [1.29, 1.82) is 0 Å². The fraction of sp³-hybridized carbons (Fsp3) is 0.152. The van der Waals surface area contributed by atoms with Gasteiger partial charge in [-0.05, 0) is 0 Å². The number of allylic oxidation sites excluding steroid dienone is 8. The van der Waals surface area contributed by atoms with Crippen LogP contribution in [-0.2, 0) is 6.42 Å². The van der Waals surface area contributed by atoms with Gasteiger partial charge in [-0.15, -0.1) is 0 Å². The molecule has 0 N–H and O–H groups in total. The molecule has 0 radical (unpaired) electrons. The Labute approximate surface area is 207 Å². The van der Waals surface area contributed by atoms with Crippen molar-refractivity contribution in [2.24, 2.45) is 0 Å². The molecule has 3 aromatic rings. The summed E-state index contributed by atoms with van der Waals surface area (Å²) in [6.45, 7) is 10.8. The Balaban J connectivity index is 1.95. The Hall–Kier alpha value is -3.21. The molecule has 0 saturated heterocycles. The van der Waals surface area contributed by atoms with E-state index in [9.17, 15) is 0 Å². The molecule has 34 heavy (non-hydrogen) atoms. The Morgan fingerprint density at radius 2 is 1.53 bits per heavy atom. The van der Waals surface area contributed by atoms with Gasteiger partial charge in [0.15, 0.2) is 0 Å². The molecule has 174 valence electrons. The van der Waals surface area contributed by atoms with Crippen molar-refractivity contribution in [2.75, 3.05) is 12.8 Å². The first-order valence-electron chi connectivity index (χ1n) is 12.1. The maximum absolute atomic E-state index is 3.80. The second-order valence-electron chi connectivity index (χ2n) is 8.84. The molecule has 0 aliphatic heterocycles. The molecule has 0 aliphatic carbocycles. The van der Waals surface area contributed by atoms with Gasteiger partial charge >= 0.3 is 207 Å². The number of hydrogen-bond donors (Lipinski definition) is 0. The maximum atomic E-state index is 3.80. The first-order chi connectivity index (χ1) is 16.6. The topological polar surface area (TPSA) is 0 Å². The van der Waals surface area contributed by atoms with Crippen LogP contribution in [0.5, 0.6) is 0 Å². The zero-order valence-corrected chi connectivity index (χ0v) is 21.7. The third kappa shape index (κ3) is 6.89. The normalized spacial score (nSPS) is 13.2. The second kappa shape index (κ2) is 12.9. The van der Waals surface area contributed by atoms with E-state index in [0.29, 0.717) is 0 Å². The van der Waals surface area contributed by atoms with Crippen molar-refractivity contribution in [2.45, 2.75) is 20.3 Å². The van der Waals surface area contributed by atoms with Crippen LogP contribution in [0.2, 0.25) is 0 Å². The molecular weight excluding hydrogens is 427 g/mol. The molecule has 3 rings (SSSR count). The molecular formula is C33H37P. The van der Waals surface area contributed by atoms with E-state index < -0.39 is 7.26 Å². The van der Waals surface area contributed by atoms with Crippen molar-refractivity contribution >= 4 is 18.1 Å². The predicted molar refractivity (Wildman–Crippen MR) is 158 cm³/mol. The van der Waals surface area contributed by atoms with Gasteiger partial charge in [-0.2, -0.15) is 0 Å². The minimum atomic E-state index is -1.82. The van der Waals surface area contributed by atoms with Crippen LogP contribution < -0.4 is 5.30 Å². The van der Waals surface area contributed by atoms with E-state index in [1.54, 1.807) is 0 Å².